The van der Waals surface area contributed by atoms with E-state index in [1.165, 1.54) is 5.56 Å². The molecule has 4 nitrogen and oxygen atoms in total. The lowest BCUT2D eigenvalue weighted by Crippen LogP contribution is -2.50. The standard InChI is InChI=1S/C16H25N3O/c1-13(19(4)12-16(2,11-17)18-3)10-14-8-6-7-9-15(14)20-5/h6-9,13,18H,10,12H2,1-5H3. The second-order valence-corrected chi connectivity index (χ2v) is 5.47. The van der Waals surface area contributed by atoms with Crippen molar-refractivity contribution < 1.29 is 4.74 Å². The smallest absolute Gasteiger partial charge is 0.122 e. The molecule has 20 heavy (non-hydrogen) atoms. The molecule has 1 aromatic carbocycles. The van der Waals surface area contributed by atoms with Crippen LogP contribution >= 0.6 is 0 Å². The zero-order valence-electron chi connectivity index (χ0n) is 13.1. The molecule has 0 aliphatic heterocycles. The van der Waals surface area contributed by atoms with Gasteiger partial charge in [0.25, 0.3) is 0 Å². The predicted octanol–water partition coefficient (Wildman–Crippen LogP) is 2.06. The fourth-order valence-electron chi connectivity index (χ4n) is 2.17. The lowest BCUT2D eigenvalue weighted by Gasteiger charge is -2.32. The van der Waals surface area contributed by atoms with Crippen molar-refractivity contribution in [2.45, 2.75) is 31.8 Å². The van der Waals surface area contributed by atoms with Crippen LogP contribution in [0.25, 0.3) is 0 Å². The Morgan fingerprint density at radius 3 is 2.65 bits per heavy atom. The highest BCUT2D eigenvalue weighted by Gasteiger charge is 2.25. The second kappa shape index (κ2) is 7.28. The van der Waals surface area contributed by atoms with Crippen molar-refractivity contribution >= 4 is 0 Å². The number of nitrogens with zero attached hydrogens (tertiary/aromatic N) is 2. The Labute approximate surface area is 122 Å². The molecule has 0 saturated carbocycles. The van der Waals surface area contributed by atoms with E-state index in [1.54, 1.807) is 7.11 Å². The molecule has 0 spiro atoms. The van der Waals surface area contributed by atoms with Crippen molar-refractivity contribution in [2.24, 2.45) is 0 Å². The van der Waals surface area contributed by atoms with Crippen molar-refractivity contribution in [3.8, 4) is 11.8 Å². The molecule has 2 atom stereocenters. The summed E-state index contributed by atoms with van der Waals surface area (Å²) < 4.78 is 5.39. The molecule has 0 heterocycles. The van der Waals surface area contributed by atoms with E-state index in [-0.39, 0.29) is 0 Å². The Hall–Kier alpha value is -1.57. The summed E-state index contributed by atoms with van der Waals surface area (Å²) in [5.74, 6) is 0.921. The van der Waals surface area contributed by atoms with Gasteiger partial charge < -0.3 is 15.0 Å². The minimum atomic E-state index is -0.524. The highest BCUT2D eigenvalue weighted by molar-refractivity contribution is 5.33. The van der Waals surface area contributed by atoms with Gasteiger partial charge in [0.1, 0.15) is 11.3 Å². The summed E-state index contributed by atoms with van der Waals surface area (Å²) in [5.41, 5.74) is 0.668. The molecular formula is C16H25N3O. The Bertz CT molecular complexity index is 469. The summed E-state index contributed by atoms with van der Waals surface area (Å²) in [7, 11) is 5.57. The van der Waals surface area contributed by atoms with Crippen molar-refractivity contribution in [1.82, 2.24) is 10.2 Å². The van der Waals surface area contributed by atoms with Gasteiger partial charge in [-0.15, -0.1) is 0 Å². The van der Waals surface area contributed by atoms with Gasteiger partial charge in [0.15, 0.2) is 0 Å². The van der Waals surface area contributed by atoms with Gasteiger partial charge in [-0.1, -0.05) is 18.2 Å². The third-order valence-corrected chi connectivity index (χ3v) is 3.82. The summed E-state index contributed by atoms with van der Waals surface area (Å²) in [6, 6.07) is 10.7. The zero-order valence-corrected chi connectivity index (χ0v) is 13.1. The van der Waals surface area contributed by atoms with Crippen LogP contribution in [0.2, 0.25) is 0 Å². The Kier molecular flexibility index (Phi) is 6.00. The van der Waals surface area contributed by atoms with Gasteiger partial charge in [-0.2, -0.15) is 5.26 Å². The lowest BCUT2D eigenvalue weighted by molar-refractivity contribution is 0.211. The molecule has 0 bridgehead atoms. The first-order valence-electron chi connectivity index (χ1n) is 6.88. The minimum Gasteiger partial charge on any atom is -0.496 e. The summed E-state index contributed by atoms with van der Waals surface area (Å²) in [6.07, 6.45) is 0.895. The van der Waals surface area contributed by atoms with Gasteiger partial charge in [0.05, 0.1) is 13.2 Å². The third kappa shape index (κ3) is 4.22. The van der Waals surface area contributed by atoms with Crippen molar-refractivity contribution in [3.63, 3.8) is 0 Å². The Balaban J connectivity index is 2.71. The Morgan fingerprint density at radius 1 is 1.45 bits per heavy atom. The van der Waals surface area contributed by atoms with Gasteiger partial charge in [0, 0.05) is 12.6 Å². The largest absolute Gasteiger partial charge is 0.496 e. The number of hydrogen-bond donors (Lipinski definition) is 1. The normalized spacial score (nSPS) is 15.4. The van der Waals surface area contributed by atoms with Gasteiger partial charge in [0.2, 0.25) is 0 Å². The average Bonchev–Trinajstić information content (AvgIpc) is 2.47. The highest BCUT2D eigenvalue weighted by Crippen LogP contribution is 2.20. The fourth-order valence-corrected chi connectivity index (χ4v) is 2.17. The molecule has 4 heteroatoms. The van der Waals surface area contributed by atoms with Gasteiger partial charge in [-0.3, -0.25) is 0 Å². The van der Waals surface area contributed by atoms with Crippen LogP contribution < -0.4 is 10.1 Å². The molecule has 1 N–H and O–H groups in total. The summed E-state index contributed by atoms with van der Waals surface area (Å²) in [4.78, 5) is 2.20. The highest BCUT2D eigenvalue weighted by atomic mass is 16.5. The number of likely N-dealkylation sites (N-methyl/N-ethyl adjacent to an activating group) is 2. The number of methoxy groups -OCH3 is 1. The van der Waals surface area contributed by atoms with Crippen LogP contribution in [0, 0.1) is 11.3 Å². The topological polar surface area (TPSA) is 48.3 Å². The van der Waals surface area contributed by atoms with E-state index >= 15 is 0 Å². The molecule has 0 aliphatic carbocycles. The molecule has 1 rings (SSSR count). The van der Waals surface area contributed by atoms with Crippen LogP contribution in [0.5, 0.6) is 5.75 Å². The molecular weight excluding hydrogens is 250 g/mol. The Morgan fingerprint density at radius 2 is 2.10 bits per heavy atom. The molecule has 1 aromatic rings. The lowest BCUT2D eigenvalue weighted by atomic mass is 10.0. The summed E-state index contributed by atoms with van der Waals surface area (Å²) in [6.45, 7) is 4.76. The molecule has 0 radical (unpaired) electrons. The van der Waals surface area contributed by atoms with E-state index < -0.39 is 5.54 Å². The van der Waals surface area contributed by atoms with E-state index in [2.05, 4.69) is 29.3 Å². The van der Waals surface area contributed by atoms with Crippen LogP contribution in [0.3, 0.4) is 0 Å². The number of para-hydroxylation sites is 1. The number of hydrogen-bond acceptors (Lipinski definition) is 4. The average molecular weight is 275 g/mol. The van der Waals surface area contributed by atoms with Gasteiger partial charge in [-0.25, -0.2) is 0 Å². The number of rotatable bonds is 7. The van der Waals surface area contributed by atoms with E-state index in [9.17, 15) is 5.26 Å². The van der Waals surface area contributed by atoms with Crippen LogP contribution in [-0.4, -0.2) is 44.2 Å². The fraction of sp³-hybridized carbons (Fsp3) is 0.562. The summed E-state index contributed by atoms with van der Waals surface area (Å²) in [5, 5.41) is 12.3. The maximum Gasteiger partial charge on any atom is 0.122 e. The zero-order chi connectivity index (χ0) is 15.2. The molecule has 0 aliphatic rings. The SMILES string of the molecule is CNC(C)(C#N)CN(C)C(C)Cc1ccccc1OC. The van der Waals surface area contributed by atoms with Crippen LogP contribution in [-0.2, 0) is 6.42 Å². The van der Waals surface area contributed by atoms with E-state index in [0.717, 1.165) is 12.2 Å². The van der Waals surface area contributed by atoms with Crippen LogP contribution in [0.15, 0.2) is 24.3 Å². The molecule has 0 aromatic heterocycles. The van der Waals surface area contributed by atoms with E-state index in [1.807, 2.05) is 39.2 Å². The van der Waals surface area contributed by atoms with E-state index in [0.29, 0.717) is 12.6 Å². The van der Waals surface area contributed by atoms with Crippen molar-refractivity contribution in [1.29, 1.82) is 5.26 Å². The number of ether oxygens (including phenoxy) is 1. The summed E-state index contributed by atoms with van der Waals surface area (Å²) >= 11 is 0. The van der Waals surface area contributed by atoms with Crippen molar-refractivity contribution in [3.05, 3.63) is 29.8 Å². The predicted molar refractivity (Wildman–Crippen MR) is 81.9 cm³/mol. The first-order chi connectivity index (χ1) is 9.45. The van der Waals surface area contributed by atoms with Crippen LogP contribution in [0.4, 0.5) is 0 Å². The number of nitriles is 1. The number of nitrogens with one attached hydrogen (secondary N) is 1. The quantitative estimate of drug-likeness (QED) is 0.827. The van der Waals surface area contributed by atoms with Crippen molar-refractivity contribution in [2.75, 3.05) is 27.7 Å². The molecule has 110 valence electrons. The molecule has 0 saturated heterocycles. The van der Waals surface area contributed by atoms with E-state index in [4.69, 9.17) is 4.74 Å². The first kappa shape index (κ1) is 16.5. The molecule has 0 amide bonds. The monoisotopic (exact) mass is 275 g/mol. The third-order valence-electron chi connectivity index (χ3n) is 3.82. The van der Waals surface area contributed by atoms with Gasteiger partial charge in [-0.05, 0) is 46.0 Å². The second-order valence-electron chi connectivity index (χ2n) is 5.47. The van der Waals surface area contributed by atoms with Gasteiger partial charge >= 0.3 is 0 Å². The molecule has 0 fully saturated rings. The molecule has 2 unspecified atom stereocenters. The maximum atomic E-state index is 9.23. The maximum absolute atomic E-state index is 9.23. The van der Waals surface area contributed by atoms with Crippen LogP contribution in [0.1, 0.15) is 19.4 Å². The number of benzene rings is 1. The minimum absolute atomic E-state index is 0.326. The first-order valence-corrected chi connectivity index (χ1v) is 6.88.